The Bertz CT molecular complexity index is 467. The number of nitrogens with zero attached hydrogens (tertiary/aromatic N) is 1. The number of ether oxygens (including phenoxy) is 1. The van der Waals surface area contributed by atoms with Gasteiger partial charge >= 0.3 is 0 Å². The van der Waals surface area contributed by atoms with Crippen LogP contribution in [-0.4, -0.2) is 42.2 Å². The number of rotatable bonds is 3. The average Bonchev–Trinajstić information content (AvgIpc) is 2.83. The van der Waals surface area contributed by atoms with E-state index in [2.05, 4.69) is 15.6 Å². The van der Waals surface area contributed by atoms with Crippen molar-refractivity contribution >= 4 is 30.7 Å². The summed E-state index contributed by atoms with van der Waals surface area (Å²) in [5.74, 6) is 0.0533. The number of hydrogen-bond acceptors (Lipinski definition) is 4. The van der Waals surface area contributed by atoms with E-state index < -0.39 is 0 Å². The summed E-state index contributed by atoms with van der Waals surface area (Å²) in [6, 6.07) is 3.93. The monoisotopic (exact) mass is 347 g/mol. The van der Waals surface area contributed by atoms with E-state index in [4.69, 9.17) is 4.74 Å². The van der Waals surface area contributed by atoms with Crippen LogP contribution >= 0.6 is 24.8 Å². The van der Waals surface area contributed by atoms with Gasteiger partial charge in [-0.15, -0.1) is 24.8 Å². The maximum atomic E-state index is 12.0. The molecule has 1 unspecified atom stereocenters. The van der Waals surface area contributed by atoms with Gasteiger partial charge in [0.1, 0.15) is 0 Å². The highest BCUT2D eigenvalue weighted by atomic mass is 35.5. The van der Waals surface area contributed by atoms with Gasteiger partial charge in [-0.05, 0) is 44.0 Å². The molecule has 2 saturated heterocycles. The first-order valence-corrected chi connectivity index (χ1v) is 7.29. The van der Waals surface area contributed by atoms with Gasteiger partial charge in [-0.1, -0.05) is 6.07 Å². The molecular formula is C15H23Cl2N3O2. The van der Waals surface area contributed by atoms with Crippen LogP contribution in [0.3, 0.4) is 0 Å². The Hall–Kier alpha value is -0.880. The zero-order chi connectivity index (χ0) is 13.8. The van der Waals surface area contributed by atoms with Gasteiger partial charge in [-0.3, -0.25) is 9.78 Å². The fourth-order valence-electron chi connectivity index (χ4n) is 3.13. The third-order valence-electron chi connectivity index (χ3n) is 4.18. The molecule has 3 heterocycles. The summed E-state index contributed by atoms with van der Waals surface area (Å²) >= 11 is 0. The first-order valence-electron chi connectivity index (χ1n) is 7.29. The largest absolute Gasteiger partial charge is 0.373 e. The van der Waals surface area contributed by atoms with E-state index in [1.165, 1.54) is 0 Å². The van der Waals surface area contributed by atoms with Crippen molar-refractivity contribution in [3.05, 3.63) is 30.1 Å². The van der Waals surface area contributed by atoms with E-state index in [1.54, 1.807) is 12.4 Å². The van der Waals surface area contributed by atoms with Gasteiger partial charge in [-0.2, -0.15) is 0 Å². The summed E-state index contributed by atoms with van der Waals surface area (Å²) in [7, 11) is 0. The van der Waals surface area contributed by atoms with Crippen LogP contribution in [0, 0.1) is 0 Å². The molecule has 7 heteroatoms. The van der Waals surface area contributed by atoms with Gasteiger partial charge in [0.15, 0.2) is 0 Å². The van der Waals surface area contributed by atoms with Crippen LogP contribution in [0.2, 0.25) is 0 Å². The fraction of sp³-hybridized carbons (Fsp3) is 0.600. The Labute approximate surface area is 143 Å². The second kappa shape index (κ2) is 8.67. The number of carbonyl (C=O) groups is 1. The second-order valence-electron chi connectivity index (χ2n) is 5.75. The standard InChI is InChI=1S/C15H21N3O2.2ClH/c19-14(8-12-2-1-5-17-10-12)18-13-9-15(20-11-13)3-6-16-7-4-15;;/h1-2,5,10,13,16H,3-4,6-9,11H2,(H,18,19);2*1H. The molecule has 0 aromatic carbocycles. The Morgan fingerprint density at radius 1 is 1.41 bits per heavy atom. The molecule has 1 atom stereocenters. The molecule has 2 aliphatic heterocycles. The summed E-state index contributed by atoms with van der Waals surface area (Å²) in [6.07, 6.45) is 6.86. The molecule has 2 fully saturated rings. The van der Waals surface area contributed by atoms with Crippen LogP contribution < -0.4 is 10.6 Å². The van der Waals surface area contributed by atoms with Crippen LogP contribution in [0.4, 0.5) is 0 Å². The number of pyridine rings is 1. The van der Waals surface area contributed by atoms with Crippen molar-refractivity contribution in [3.63, 3.8) is 0 Å². The van der Waals surface area contributed by atoms with Crippen LogP contribution in [0.15, 0.2) is 24.5 Å². The molecule has 124 valence electrons. The number of amides is 1. The zero-order valence-corrected chi connectivity index (χ0v) is 14.0. The first-order chi connectivity index (χ1) is 9.76. The summed E-state index contributed by atoms with van der Waals surface area (Å²) in [6.45, 7) is 2.66. The molecule has 1 aromatic rings. The number of aromatic nitrogens is 1. The first kappa shape index (κ1) is 19.2. The molecule has 0 bridgehead atoms. The van der Waals surface area contributed by atoms with Gasteiger partial charge in [0.05, 0.1) is 24.7 Å². The van der Waals surface area contributed by atoms with Gasteiger partial charge in [0, 0.05) is 12.4 Å². The minimum Gasteiger partial charge on any atom is -0.373 e. The van der Waals surface area contributed by atoms with Crippen LogP contribution in [0.5, 0.6) is 0 Å². The Kier molecular flexibility index (Phi) is 7.56. The average molecular weight is 348 g/mol. The molecule has 2 aliphatic rings. The van der Waals surface area contributed by atoms with E-state index >= 15 is 0 Å². The van der Waals surface area contributed by atoms with E-state index in [9.17, 15) is 4.79 Å². The smallest absolute Gasteiger partial charge is 0.224 e. The van der Waals surface area contributed by atoms with Crippen molar-refractivity contribution in [2.75, 3.05) is 19.7 Å². The molecule has 0 saturated carbocycles. The molecule has 2 N–H and O–H groups in total. The predicted molar refractivity (Wildman–Crippen MR) is 89.8 cm³/mol. The van der Waals surface area contributed by atoms with Crippen LogP contribution in [-0.2, 0) is 16.0 Å². The van der Waals surface area contributed by atoms with Crippen molar-refractivity contribution < 1.29 is 9.53 Å². The lowest BCUT2D eigenvalue weighted by Crippen LogP contribution is -2.43. The van der Waals surface area contributed by atoms with E-state index in [0.717, 1.165) is 37.9 Å². The molecule has 0 radical (unpaired) electrons. The third kappa shape index (κ3) is 4.81. The fourth-order valence-corrected chi connectivity index (χ4v) is 3.13. The van der Waals surface area contributed by atoms with Gasteiger partial charge in [0.2, 0.25) is 5.91 Å². The second-order valence-corrected chi connectivity index (χ2v) is 5.75. The van der Waals surface area contributed by atoms with Gasteiger partial charge in [-0.25, -0.2) is 0 Å². The quantitative estimate of drug-likeness (QED) is 0.869. The molecule has 3 rings (SSSR count). The molecule has 1 amide bonds. The van der Waals surface area contributed by atoms with Crippen LogP contribution in [0.1, 0.15) is 24.8 Å². The molecule has 1 spiro atoms. The molecule has 5 nitrogen and oxygen atoms in total. The summed E-state index contributed by atoms with van der Waals surface area (Å²) in [4.78, 5) is 16.1. The minimum absolute atomic E-state index is 0. The van der Waals surface area contributed by atoms with E-state index in [1.807, 2.05) is 12.1 Å². The normalized spacial score (nSPS) is 22.5. The Morgan fingerprint density at radius 3 is 2.86 bits per heavy atom. The van der Waals surface area contributed by atoms with E-state index in [0.29, 0.717) is 13.0 Å². The number of hydrogen-bond donors (Lipinski definition) is 2. The van der Waals surface area contributed by atoms with Crippen molar-refractivity contribution in [2.24, 2.45) is 0 Å². The summed E-state index contributed by atoms with van der Waals surface area (Å²) < 4.78 is 5.98. The van der Waals surface area contributed by atoms with Gasteiger partial charge in [0.25, 0.3) is 0 Å². The molecule has 0 aliphatic carbocycles. The van der Waals surface area contributed by atoms with E-state index in [-0.39, 0.29) is 42.4 Å². The Balaban J connectivity index is 0.00000121. The highest BCUT2D eigenvalue weighted by molar-refractivity contribution is 5.85. The van der Waals surface area contributed by atoms with Crippen molar-refractivity contribution in [1.82, 2.24) is 15.6 Å². The highest BCUT2D eigenvalue weighted by Gasteiger charge is 2.41. The molecule has 1 aromatic heterocycles. The predicted octanol–water partition coefficient (Wildman–Crippen LogP) is 1.49. The third-order valence-corrected chi connectivity index (χ3v) is 4.18. The lowest BCUT2D eigenvalue weighted by molar-refractivity contribution is -0.121. The highest BCUT2D eigenvalue weighted by Crippen LogP contribution is 2.33. The topological polar surface area (TPSA) is 63.2 Å². The lowest BCUT2D eigenvalue weighted by atomic mass is 9.88. The minimum atomic E-state index is -0.00248. The lowest BCUT2D eigenvalue weighted by Gasteiger charge is -2.32. The number of piperidine rings is 1. The maximum Gasteiger partial charge on any atom is 0.224 e. The zero-order valence-electron chi connectivity index (χ0n) is 12.4. The summed E-state index contributed by atoms with van der Waals surface area (Å²) in [5, 5.41) is 6.44. The van der Waals surface area contributed by atoms with Gasteiger partial charge < -0.3 is 15.4 Å². The van der Waals surface area contributed by atoms with Crippen LogP contribution in [0.25, 0.3) is 0 Å². The maximum absolute atomic E-state index is 12.0. The number of nitrogens with one attached hydrogen (secondary N) is 2. The van der Waals surface area contributed by atoms with Crippen molar-refractivity contribution in [1.29, 1.82) is 0 Å². The Morgan fingerprint density at radius 2 is 2.18 bits per heavy atom. The number of halogens is 2. The van der Waals surface area contributed by atoms with Crippen molar-refractivity contribution in [2.45, 2.75) is 37.3 Å². The molecule has 22 heavy (non-hydrogen) atoms. The number of carbonyl (C=O) groups excluding carboxylic acids is 1. The van der Waals surface area contributed by atoms with Crippen molar-refractivity contribution in [3.8, 4) is 0 Å². The SMILES string of the molecule is Cl.Cl.O=C(Cc1cccnc1)NC1COC2(CCNCC2)C1. The summed E-state index contributed by atoms with van der Waals surface area (Å²) in [5.41, 5.74) is 0.942. The molecular weight excluding hydrogens is 325 g/mol.